The number of rotatable bonds is 2. The van der Waals surface area contributed by atoms with Gasteiger partial charge in [0.1, 0.15) is 0 Å². The average molecular weight is 312 g/mol. The molecule has 0 saturated carbocycles. The van der Waals surface area contributed by atoms with Crippen molar-refractivity contribution in [3.63, 3.8) is 0 Å². The summed E-state index contributed by atoms with van der Waals surface area (Å²) < 4.78 is 0.552. The van der Waals surface area contributed by atoms with E-state index in [1.165, 1.54) is 12.8 Å². The summed E-state index contributed by atoms with van der Waals surface area (Å²) >= 11 is 3.28. The van der Waals surface area contributed by atoms with E-state index in [9.17, 15) is 10.1 Å². The van der Waals surface area contributed by atoms with Crippen LogP contribution in [0.4, 0.5) is 11.4 Å². The molecule has 1 N–H and O–H groups in total. The Morgan fingerprint density at radius 2 is 2.00 bits per heavy atom. The predicted octanol–water partition coefficient (Wildman–Crippen LogP) is 2.30. The van der Waals surface area contributed by atoms with Gasteiger partial charge >= 0.3 is 0 Å². The number of nitrogens with one attached hydrogen (secondary N) is 1. The normalized spacial score (nSPS) is 26.4. The van der Waals surface area contributed by atoms with Gasteiger partial charge in [-0.05, 0) is 40.9 Å². The molecule has 96 valence electrons. The van der Waals surface area contributed by atoms with Crippen LogP contribution in [0.15, 0.2) is 22.7 Å². The zero-order valence-corrected chi connectivity index (χ0v) is 11.4. The summed E-state index contributed by atoms with van der Waals surface area (Å²) in [5.74, 6) is 0. The summed E-state index contributed by atoms with van der Waals surface area (Å²) in [5.41, 5.74) is 1.18. The van der Waals surface area contributed by atoms with Gasteiger partial charge in [-0.2, -0.15) is 0 Å². The van der Waals surface area contributed by atoms with Gasteiger partial charge < -0.3 is 10.2 Å². The highest BCUT2D eigenvalue weighted by Gasteiger charge is 2.32. The maximum Gasteiger partial charge on any atom is 0.283 e. The summed E-state index contributed by atoms with van der Waals surface area (Å²) in [6.07, 6.45) is 2.46. The molecule has 2 aliphatic heterocycles. The van der Waals surface area contributed by atoms with Crippen LogP contribution in [0, 0.1) is 10.1 Å². The molecular weight excluding hydrogens is 298 g/mol. The fraction of sp³-hybridized carbons (Fsp3) is 0.500. The second-order valence-corrected chi connectivity index (χ2v) is 5.79. The maximum atomic E-state index is 10.8. The van der Waals surface area contributed by atoms with E-state index in [4.69, 9.17) is 0 Å². The zero-order valence-electron chi connectivity index (χ0n) is 9.80. The lowest BCUT2D eigenvalue weighted by Gasteiger charge is -2.34. The highest BCUT2D eigenvalue weighted by atomic mass is 79.9. The number of piperazine rings is 1. The number of anilines is 1. The Morgan fingerprint density at radius 3 is 2.56 bits per heavy atom. The van der Waals surface area contributed by atoms with Gasteiger partial charge in [0.05, 0.1) is 9.40 Å². The Morgan fingerprint density at radius 1 is 1.33 bits per heavy atom. The molecule has 0 spiro atoms. The Balaban J connectivity index is 1.84. The van der Waals surface area contributed by atoms with Crippen LogP contribution in [0.3, 0.4) is 0 Å². The van der Waals surface area contributed by atoms with Gasteiger partial charge in [-0.15, -0.1) is 0 Å². The second-order valence-electron chi connectivity index (χ2n) is 4.94. The lowest BCUT2D eigenvalue weighted by Crippen LogP contribution is -2.51. The molecule has 1 aromatic rings. The van der Waals surface area contributed by atoms with Crippen LogP contribution < -0.4 is 10.2 Å². The molecule has 0 aliphatic carbocycles. The average Bonchev–Trinajstić information content (AvgIpc) is 2.67. The van der Waals surface area contributed by atoms with Crippen LogP contribution in [0.1, 0.15) is 12.8 Å². The van der Waals surface area contributed by atoms with E-state index in [1.807, 2.05) is 12.1 Å². The topological polar surface area (TPSA) is 58.4 Å². The summed E-state index contributed by atoms with van der Waals surface area (Å²) in [5, 5.41) is 14.3. The highest BCUT2D eigenvalue weighted by molar-refractivity contribution is 9.10. The second kappa shape index (κ2) is 4.51. The zero-order chi connectivity index (χ0) is 12.7. The fourth-order valence-electron chi connectivity index (χ4n) is 2.85. The Hall–Kier alpha value is -1.14. The molecule has 2 heterocycles. The predicted molar refractivity (Wildman–Crippen MR) is 73.0 cm³/mol. The lowest BCUT2D eigenvalue weighted by molar-refractivity contribution is -0.385. The maximum absolute atomic E-state index is 10.8. The van der Waals surface area contributed by atoms with Gasteiger partial charge in [-0.1, -0.05) is 0 Å². The first-order valence-electron chi connectivity index (χ1n) is 6.08. The third-order valence-electron chi connectivity index (χ3n) is 3.71. The molecule has 2 fully saturated rings. The number of nitro benzene ring substituents is 1. The molecule has 2 aliphatic rings. The minimum Gasteiger partial charge on any atom is -0.368 e. The number of nitro groups is 1. The van der Waals surface area contributed by atoms with E-state index in [0.717, 1.165) is 18.8 Å². The molecule has 2 atom stereocenters. The van der Waals surface area contributed by atoms with Crippen LogP contribution in [0.25, 0.3) is 0 Å². The van der Waals surface area contributed by atoms with E-state index in [0.29, 0.717) is 16.6 Å². The molecule has 0 amide bonds. The molecule has 6 heteroatoms. The van der Waals surface area contributed by atoms with Crippen molar-refractivity contribution in [2.45, 2.75) is 24.9 Å². The number of nitrogens with zero attached hydrogens (tertiary/aromatic N) is 2. The van der Waals surface area contributed by atoms with Crippen molar-refractivity contribution in [1.82, 2.24) is 5.32 Å². The first-order chi connectivity index (χ1) is 8.63. The van der Waals surface area contributed by atoms with Crippen molar-refractivity contribution < 1.29 is 4.92 Å². The summed E-state index contributed by atoms with van der Waals surface area (Å²) in [4.78, 5) is 12.7. The number of hydrogen-bond acceptors (Lipinski definition) is 4. The molecule has 3 rings (SSSR count). The standard InChI is InChI=1S/C12H14BrN3O2/c13-11-5-10(3-4-12(11)16(17)18)15-6-8-1-2-9(7-15)14-8/h3-5,8-9,14H,1-2,6-7H2. The third-order valence-corrected chi connectivity index (χ3v) is 4.34. The minimum absolute atomic E-state index is 0.122. The number of benzene rings is 1. The van der Waals surface area contributed by atoms with E-state index >= 15 is 0 Å². The fourth-order valence-corrected chi connectivity index (χ4v) is 3.36. The van der Waals surface area contributed by atoms with Crippen molar-refractivity contribution in [1.29, 1.82) is 0 Å². The summed E-state index contributed by atoms with van der Waals surface area (Å²) in [6.45, 7) is 1.97. The van der Waals surface area contributed by atoms with Crippen molar-refractivity contribution in [3.05, 3.63) is 32.8 Å². The minimum atomic E-state index is -0.366. The van der Waals surface area contributed by atoms with Gasteiger partial charge in [0.25, 0.3) is 5.69 Å². The molecule has 0 radical (unpaired) electrons. The molecular formula is C12H14BrN3O2. The van der Waals surface area contributed by atoms with Crippen molar-refractivity contribution in [2.75, 3.05) is 18.0 Å². The molecule has 5 nitrogen and oxygen atoms in total. The SMILES string of the molecule is O=[N+]([O-])c1ccc(N2CC3CCC(C2)N3)cc1Br. The van der Waals surface area contributed by atoms with Crippen molar-refractivity contribution in [3.8, 4) is 0 Å². The smallest absolute Gasteiger partial charge is 0.283 e. The highest BCUT2D eigenvalue weighted by Crippen LogP contribution is 2.31. The molecule has 18 heavy (non-hydrogen) atoms. The first kappa shape index (κ1) is 11.9. The molecule has 0 aromatic heterocycles. The molecule has 1 aromatic carbocycles. The number of fused-ring (bicyclic) bond motifs is 2. The van der Waals surface area contributed by atoms with Crippen molar-refractivity contribution in [2.24, 2.45) is 0 Å². The number of hydrogen-bond donors (Lipinski definition) is 1. The van der Waals surface area contributed by atoms with Gasteiger partial charge in [-0.25, -0.2) is 0 Å². The van der Waals surface area contributed by atoms with E-state index in [2.05, 4.69) is 26.1 Å². The lowest BCUT2D eigenvalue weighted by atomic mass is 10.2. The van der Waals surface area contributed by atoms with Crippen molar-refractivity contribution >= 4 is 27.3 Å². The van der Waals surface area contributed by atoms with Gasteiger partial charge in [-0.3, -0.25) is 10.1 Å². The van der Waals surface area contributed by atoms with E-state index < -0.39 is 0 Å². The van der Waals surface area contributed by atoms with E-state index in [-0.39, 0.29) is 10.6 Å². The third kappa shape index (κ3) is 2.10. The largest absolute Gasteiger partial charge is 0.368 e. The van der Waals surface area contributed by atoms with Crippen LogP contribution in [-0.2, 0) is 0 Å². The molecule has 2 bridgehead atoms. The number of halogens is 1. The van der Waals surface area contributed by atoms with Crippen LogP contribution in [-0.4, -0.2) is 30.1 Å². The summed E-state index contributed by atoms with van der Waals surface area (Å²) in [6, 6.07) is 6.40. The quantitative estimate of drug-likeness (QED) is 0.672. The van der Waals surface area contributed by atoms with Crippen LogP contribution in [0.2, 0.25) is 0 Å². The summed E-state index contributed by atoms with van der Waals surface area (Å²) in [7, 11) is 0. The van der Waals surface area contributed by atoms with E-state index in [1.54, 1.807) is 6.07 Å². The first-order valence-corrected chi connectivity index (χ1v) is 6.88. The van der Waals surface area contributed by atoms with Crippen LogP contribution in [0.5, 0.6) is 0 Å². The van der Waals surface area contributed by atoms with Gasteiger partial charge in [0, 0.05) is 36.9 Å². The Labute approximate surface area is 113 Å². The molecule has 2 saturated heterocycles. The van der Waals surface area contributed by atoms with Gasteiger partial charge in [0.2, 0.25) is 0 Å². The van der Waals surface area contributed by atoms with Crippen LogP contribution >= 0.6 is 15.9 Å². The Bertz CT molecular complexity index is 482. The van der Waals surface area contributed by atoms with Gasteiger partial charge in [0.15, 0.2) is 0 Å². The Kier molecular flexibility index (Phi) is 2.99. The monoisotopic (exact) mass is 311 g/mol. The molecule has 2 unspecified atom stereocenters.